The summed E-state index contributed by atoms with van der Waals surface area (Å²) >= 11 is 0. The van der Waals surface area contributed by atoms with E-state index in [2.05, 4.69) is 57.1 Å². The highest BCUT2D eigenvalue weighted by Crippen LogP contribution is 2.25. The molecular formula is C14H24N2. The van der Waals surface area contributed by atoms with Crippen molar-refractivity contribution in [1.82, 2.24) is 4.90 Å². The molecule has 0 fully saturated rings. The van der Waals surface area contributed by atoms with Gasteiger partial charge in [-0.05, 0) is 45.5 Å². The molecule has 2 nitrogen and oxygen atoms in total. The predicted octanol–water partition coefficient (Wildman–Crippen LogP) is 2.58. The highest BCUT2D eigenvalue weighted by Gasteiger charge is 2.16. The summed E-state index contributed by atoms with van der Waals surface area (Å²) in [6, 6.07) is 9.28. The average Bonchev–Trinajstić information content (AvgIpc) is 2.26. The quantitative estimate of drug-likeness (QED) is 0.826. The molecule has 1 aromatic carbocycles. The van der Waals surface area contributed by atoms with Gasteiger partial charge >= 0.3 is 0 Å². The van der Waals surface area contributed by atoms with Gasteiger partial charge in [0.1, 0.15) is 0 Å². The molecule has 0 spiro atoms. The Bertz CT molecular complexity index is 303. The van der Waals surface area contributed by atoms with Crippen molar-refractivity contribution in [3.05, 3.63) is 35.4 Å². The van der Waals surface area contributed by atoms with Gasteiger partial charge in [-0.3, -0.25) is 0 Å². The van der Waals surface area contributed by atoms with Gasteiger partial charge in [-0.1, -0.05) is 36.8 Å². The van der Waals surface area contributed by atoms with Crippen molar-refractivity contribution in [3.63, 3.8) is 0 Å². The van der Waals surface area contributed by atoms with E-state index in [-0.39, 0.29) is 0 Å². The summed E-state index contributed by atoms with van der Waals surface area (Å²) in [5, 5.41) is 0. The Morgan fingerprint density at radius 1 is 1.19 bits per heavy atom. The molecule has 90 valence electrons. The van der Waals surface area contributed by atoms with Crippen molar-refractivity contribution in [2.24, 2.45) is 11.7 Å². The van der Waals surface area contributed by atoms with E-state index in [9.17, 15) is 0 Å². The number of nitrogens with zero attached hydrogens (tertiary/aromatic N) is 1. The Balaban J connectivity index is 2.81. The van der Waals surface area contributed by atoms with Crippen molar-refractivity contribution in [2.45, 2.75) is 26.3 Å². The van der Waals surface area contributed by atoms with Gasteiger partial charge in [-0.2, -0.15) is 0 Å². The summed E-state index contributed by atoms with van der Waals surface area (Å²) in [4.78, 5) is 2.27. The molecule has 0 aliphatic rings. The van der Waals surface area contributed by atoms with Crippen molar-refractivity contribution in [1.29, 1.82) is 0 Å². The average molecular weight is 220 g/mol. The van der Waals surface area contributed by atoms with Crippen LogP contribution < -0.4 is 5.73 Å². The Morgan fingerprint density at radius 3 is 2.19 bits per heavy atom. The first kappa shape index (κ1) is 13.2. The van der Waals surface area contributed by atoms with Gasteiger partial charge in [-0.15, -0.1) is 0 Å². The molecule has 1 rings (SSSR count). The second-order valence-electron chi connectivity index (χ2n) is 4.97. The fourth-order valence-electron chi connectivity index (χ4n) is 1.91. The fourth-order valence-corrected chi connectivity index (χ4v) is 1.91. The van der Waals surface area contributed by atoms with Crippen LogP contribution in [-0.4, -0.2) is 25.5 Å². The van der Waals surface area contributed by atoms with E-state index in [1.807, 2.05) is 0 Å². The first-order valence-corrected chi connectivity index (χ1v) is 5.97. The van der Waals surface area contributed by atoms with Gasteiger partial charge in [0, 0.05) is 6.04 Å². The third-order valence-corrected chi connectivity index (χ3v) is 3.11. The maximum absolute atomic E-state index is 5.70. The van der Waals surface area contributed by atoms with E-state index in [4.69, 9.17) is 5.73 Å². The predicted molar refractivity (Wildman–Crippen MR) is 70.4 cm³/mol. The van der Waals surface area contributed by atoms with E-state index in [0.717, 1.165) is 13.0 Å². The van der Waals surface area contributed by atoms with Crippen molar-refractivity contribution in [2.75, 3.05) is 20.6 Å². The summed E-state index contributed by atoms with van der Waals surface area (Å²) in [6.45, 7) is 5.10. The maximum atomic E-state index is 5.70. The van der Waals surface area contributed by atoms with Gasteiger partial charge in [0.05, 0.1) is 0 Å². The topological polar surface area (TPSA) is 29.3 Å². The molecule has 0 aliphatic carbocycles. The number of hydrogen-bond donors (Lipinski definition) is 1. The van der Waals surface area contributed by atoms with Crippen LogP contribution in [0.5, 0.6) is 0 Å². The number of aryl methyl sites for hydroxylation is 1. The summed E-state index contributed by atoms with van der Waals surface area (Å²) in [5.74, 6) is 0.564. The second kappa shape index (κ2) is 6.02. The fraction of sp³-hybridized carbons (Fsp3) is 0.571. The van der Waals surface area contributed by atoms with E-state index < -0.39 is 0 Å². The third kappa shape index (κ3) is 3.62. The first-order chi connectivity index (χ1) is 7.54. The summed E-state index contributed by atoms with van der Waals surface area (Å²) < 4.78 is 0. The Kier molecular flexibility index (Phi) is 4.97. The molecule has 2 unspecified atom stereocenters. The van der Waals surface area contributed by atoms with Crippen molar-refractivity contribution < 1.29 is 0 Å². The second-order valence-corrected chi connectivity index (χ2v) is 4.97. The highest BCUT2D eigenvalue weighted by atomic mass is 15.1. The number of hydrogen-bond acceptors (Lipinski definition) is 2. The zero-order valence-electron chi connectivity index (χ0n) is 10.9. The van der Waals surface area contributed by atoms with Crippen LogP contribution >= 0.6 is 0 Å². The number of rotatable bonds is 5. The molecule has 0 aliphatic heterocycles. The molecule has 2 N–H and O–H groups in total. The van der Waals surface area contributed by atoms with Gasteiger partial charge in [0.25, 0.3) is 0 Å². The zero-order chi connectivity index (χ0) is 12.1. The SMILES string of the molecule is Cc1ccc(C(CC(C)CN)N(C)C)cc1. The molecular weight excluding hydrogens is 196 g/mol. The molecule has 2 atom stereocenters. The minimum absolute atomic E-state index is 0.471. The van der Waals surface area contributed by atoms with Gasteiger partial charge in [0.15, 0.2) is 0 Å². The molecule has 2 heteroatoms. The van der Waals surface area contributed by atoms with Crippen molar-refractivity contribution >= 4 is 0 Å². The molecule has 16 heavy (non-hydrogen) atoms. The third-order valence-electron chi connectivity index (χ3n) is 3.11. The summed E-state index contributed by atoms with van der Waals surface area (Å²) in [7, 11) is 4.27. The highest BCUT2D eigenvalue weighted by molar-refractivity contribution is 5.24. The number of benzene rings is 1. The van der Waals surface area contributed by atoms with E-state index in [1.54, 1.807) is 0 Å². The monoisotopic (exact) mass is 220 g/mol. The molecule has 0 saturated carbocycles. The Hall–Kier alpha value is -0.860. The van der Waals surface area contributed by atoms with Crippen LogP contribution in [0.25, 0.3) is 0 Å². The van der Waals surface area contributed by atoms with Crippen LogP contribution in [0, 0.1) is 12.8 Å². The van der Waals surface area contributed by atoms with Crippen LogP contribution in [0.15, 0.2) is 24.3 Å². The molecule has 0 aromatic heterocycles. The van der Waals surface area contributed by atoms with Crippen LogP contribution in [0.1, 0.15) is 30.5 Å². The van der Waals surface area contributed by atoms with Gasteiger partial charge < -0.3 is 10.6 Å². The van der Waals surface area contributed by atoms with Crippen molar-refractivity contribution in [3.8, 4) is 0 Å². The van der Waals surface area contributed by atoms with Crippen LogP contribution in [0.4, 0.5) is 0 Å². The van der Waals surface area contributed by atoms with E-state index >= 15 is 0 Å². The largest absolute Gasteiger partial charge is 0.330 e. The first-order valence-electron chi connectivity index (χ1n) is 5.97. The standard InChI is InChI=1S/C14H24N2/c1-11-5-7-13(8-6-11)14(16(3)4)9-12(2)10-15/h5-8,12,14H,9-10,15H2,1-4H3. The van der Waals surface area contributed by atoms with Crippen LogP contribution in [0.3, 0.4) is 0 Å². The van der Waals surface area contributed by atoms with Gasteiger partial charge in [0.2, 0.25) is 0 Å². The summed E-state index contributed by atoms with van der Waals surface area (Å²) in [5.41, 5.74) is 8.40. The Morgan fingerprint density at radius 2 is 1.75 bits per heavy atom. The van der Waals surface area contributed by atoms with Crippen LogP contribution in [0.2, 0.25) is 0 Å². The lowest BCUT2D eigenvalue weighted by molar-refractivity contribution is 0.255. The molecule has 0 saturated heterocycles. The normalized spacial score (nSPS) is 15.1. The molecule has 0 radical (unpaired) electrons. The minimum Gasteiger partial charge on any atom is -0.330 e. The number of nitrogens with two attached hydrogens (primary N) is 1. The smallest absolute Gasteiger partial charge is 0.0345 e. The molecule has 1 aromatic rings. The zero-order valence-corrected chi connectivity index (χ0v) is 10.9. The molecule has 0 amide bonds. The van der Waals surface area contributed by atoms with E-state index in [1.165, 1.54) is 11.1 Å². The lowest BCUT2D eigenvalue weighted by Gasteiger charge is -2.27. The van der Waals surface area contributed by atoms with Crippen LogP contribution in [-0.2, 0) is 0 Å². The summed E-state index contributed by atoms with van der Waals surface area (Å²) in [6.07, 6.45) is 1.12. The minimum atomic E-state index is 0.471. The maximum Gasteiger partial charge on any atom is 0.0345 e. The van der Waals surface area contributed by atoms with Gasteiger partial charge in [-0.25, -0.2) is 0 Å². The molecule has 0 heterocycles. The lowest BCUT2D eigenvalue weighted by Crippen LogP contribution is -2.24. The molecule has 0 bridgehead atoms. The lowest BCUT2D eigenvalue weighted by atomic mass is 9.94. The Labute approximate surface area is 99.5 Å². The van der Waals surface area contributed by atoms with E-state index in [0.29, 0.717) is 12.0 Å².